The molecule has 71 heavy (non-hydrogen) atoms. The minimum Gasteiger partial charge on any atom is -0.456 e. The number of anilines is 6. The normalized spacial score (nSPS) is 12.8. The lowest BCUT2D eigenvalue weighted by Gasteiger charge is -2.29. The molecule has 0 saturated carbocycles. The zero-order chi connectivity index (χ0) is 47.2. The molecule has 0 aliphatic heterocycles. The van der Waals surface area contributed by atoms with Gasteiger partial charge in [-0.15, -0.1) is 0 Å². The largest absolute Gasteiger partial charge is 0.456 e. The van der Waals surface area contributed by atoms with E-state index in [4.69, 9.17) is 9.40 Å². The van der Waals surface area contributed by atoms with Crippen LogP contribution in [0, 0.1) is 0 Å². The fraction of sp³-hybridized carbons (Fsp3) is 0.0455. The smallest absolute Gasteiger partial charge is 0.145 e. The van der Waals surface area contributed by atoms with Gasteiger partial charge < -0.3 is 14.2 Å². The van der Waals surface area contributed by atoms with Crippen LogP contribution in [0.15, 0.2) is 247 Å². The second-order valence-corrected chi connectivity index (χ2v) is 19.2. The Hall–Kier alpha value is -9.19. The Morgan fingerprint density at radius 2 is 0.944 bits per heavy atom. The van der Waals surface area contributed by atoms with E-state index in [1.165, 1.54) is 43.8 Å². The number of para-hydroxylation sites is 4. The van der Waals surface area contributed by atoms with E-state index in [-0.39, 0.29) is 5.41 Å². The molecule has 5 heteroatoms. The second-order valence-electron chi connectivity index (χ2n) is 19.2. The summed E-state index contributed by atoms with van der Waals surface area (Å²) in [7, 11) is 0. The van der Waals surface area contributed by atoms with Crippen molar-refractivity contribution >= 4 is 88.6 Å². The highest BCUT2D eigenvalue weighted by Gasteiger charge is 2.37. The van der Waals surface area contributed by atoms with Gasteiger partial charge in [-0.25, -0.2) is 4.98 Å². The van der Waals surface area contributed by atoms with E-state index in [1.54, 1.807) is 0 Å². The fourth-order valence-corrected chi connectivity index (χ4v) is 11.3. The van der Waals surface area contributed by atoms with E-state index in [0.29, 0.717) is 0 Å². The van der Waals surface area contributed by atoms with Crippen LogP contribution in [-0.2, 0) is 5.41 Å². The number of imidazole rings is 1. The lowest BCUT2D eigenvalue weighted by Crippen LogP contribution is -2.15. The highest BCUT2D eigenvalue weighted by atomic mass is 16.3. The van der Waals surface area contributed by atoms with E-state index in [9.17, 15) is 0 Å². The van der Waals surface area contributed by atoms with Crippen LogP contribution in [0.1, 0.15) is 25.0 Å². The molecular weight excluding hydrogens is 865 g/mol. The molecule has 0 bridgehead atoms. The van der Waals surface area contributed by atoms with Crippen LogP contribution in [-0.4, -0.2) is 9.55 Å². The van der Waals surface area contributed by atoms with Gasteiger partial charge in [0.15, 0.2) is 0 Å². The topological polar surface area (TPSA) is 37.4 Å². The predicted molar refractivity (Wildman–Crippen MR) is 296 cm³/mol. The number of fused-ring (bicyclic) bond motifs is 10. The summed E-state index contributed by atoms with van der Waals surface area (Å²) in [6.45, 7) is 4.72. The maximum absolute atomic E-state index is 6.34. The summed E-state index contributed by atoms with van der Waals surface area (Å²) in [4.78, 5) is 10.2. The number of furan rings is 1. The number of hydrogen-bond acceptors (Lipinski definition) is 4. The summed E-state index contributed by atoms with van der Waals surface area (Å²) in [6.07, 6.45) is 0. The van der Waals surface area contributed by atoms with Gasteiger partial charge in [-0.2, -0.15) is 0 Å². The molecule has 14 rings (SSSR count). The van der Waals surface area contributed by atoms with Crippen molar-refractivity contribution in [3.63, 3.8) is 0 Å². The average molecular weight is 911 g/mol. The summed E-state index contributed by atoms with van der Waals surface area (Å²) in [6, 6.07) is 87.2. The molecule has 0 amide bonds. The maximum atomic E-state index is 6.34. The molecule has 2 heterocycles. The number of aromatic nitrogens is 2. The van der Waals surface area contributed by atoms with Crippen molar-refractivity contribution in [2.75, 3.05) is 9.80 Å². The van der Waals surface area contributed by atoms with Crippen LogP contribution in [0.25, 0.3) is 82.7 Å². The Morgan fingerprint density at radius 1 is 0.394 bits per heavy atom. The monoisotopic (exact) mass is 910 g/mol. The first-order valence-electron chi connectivity index (χ1n) is 24.4. The third-order valence-corrected chi connectivity index (χ3v) is 14.7. The van der Waals surface area contributed by atoms with Crippen molar-refractivity contribution in [1.82, 2.24) is 9.55 Å². The Morgan fingerprint density at radius 3 is 1.69 bits per heavy atom. The SMILES string of the molecule is CC1(C)c2cc3ccc4ccccc4c3cc2-c2cc3c(cc21)nc(-c1ccc(N(c2cccc(N(c4ccccc4)c4ccccc4)c2)c2ccc4oc5ccccc5c4c2)cc1)n3-c1ccccc1. The third-order valence-electron chi connectivity index (χ3n) is 14.7. The first kappa shape index (κ1) is 40.8. The molecule has 0 N–H and O–H groups in total. The van der Waals surface area contributed by atoms with Crippen LogP contribution in [0.4, 0.5) is 34.1 Å². The van der Waals surface area contributed by atoms with Gasteiger partial charge in [-0.05, 0) is 171 Å². The molecule has 2 aromatic heterocycles. The highest BCUT2D eigenvalue weighted by Crippen LogP contribution is 2.52. The van der Waals surface area contributed by atoms with Crippen molar-refractivity contribution in [3.8, 4) is 28.2 Å². The number of benzene rings is 11. The molecule has 1 aliphatic carbocycles. The van der Waals surface area contributed by atoms with Gasteiger partial charge >= 0.3 is 0 Å². The van der Waals surface area contributed by atoms with Crippen LogP contribution < -0.4 is 9.80 Å². The van der Waals surface area contributed by atoms with E-state index < -0.39 is 0 Å². The number of rotatable bonds is 8. The summed E-state index contributed by atoms with van der Waals surface area (Å²) in [5, 5.41) is 7.25. The van der Waals surface area contributed by atoms with E-state index in [0.717, 1.165) is 84.2 Å². The van der Waals surface area contributed by atoms with Gasteiger partial charge in [-0.1, -0.05) is 129 Å². The molecule has 11 aromatic carbocycles. The van der Waals surface area contributed by atoms with Crippen molar-refractivity contribution in [3.05, 3.63) is 254 Å². The molecule has 13 aromatic rings. The Kier molecular flexibility index (Phi) is 9.17. The average Bonchev–Trinajstić information content (AvgIpc) is 4.06. The summed E-state index contributed by atoms with van der Waals surface area (Å²) in [5.74, 6) is 0.894. The Bertz CT molecular complexity index is 4150. The Labute approximate surface area is 411 Å². The summed E-state index contributed by atoms with van der Waals surface area (Å²) < 4.78 is 8.68. The van der Waals surface area contributed by atoms with Crippen LogP contribution in [0.3, 0.4) is 0 Å². The van der Waals surface area contributed by atoms with Gasteiger partial charge in [0.05, 0.1) is 11.0 Å². The first-order chi connectivity index (χ1) is 34.9. The molecular formula is C66H46N4O. The lowest BCUT2D eigenvalue weighted by atomic mass is 9.81. The standard InChI is InChI=1S/C66H46N4O/c1-66(2)59-37-45-30-29-43-17-12-13-26-53(43)55(45)40-56(59)57-41-62-61(42-60(57)66)67-65(70(62)48-22-10-5-11-23-48)44-31-33-49(34-32-44)69(52-35-36-64-58(39-52)54-27-14-15-28-63(54)71-64)51-25-16-24-50(38-51)68(46-18-6-3-7-19-46)47-20-8-4-9-21-47/h3-42H,1-2H3. The molecule has 1 aliphatic rings. The second kappa shape index (κ2) is 15.9. The van der Waals surface area contributed by atoms with E-state index in [2.05, 4.69) is 259 Å². The van der Waals surface area contributed by atoms with Gasteiger partial charge in [0.1, 0.15) is 17.0 Å². The lowest BCUT2D eigenvalue weighted by molar-refractivity contribution is 0.662. The Balaban J connectivity index is 0.927. The van der Waals surface area contributed by atoms with E-state index in [1.807, 2.05) is 12.1 Å². The highest BCUT2D eigenvalue weighted by molar-refractivity contribution is 6.11. The quantitative estimate of drug-likeness (QED) is 0.142. The van der Waals surface area contributed by atoms with Crippen LogP contribution in [0.2, 0.25) is 0 Å². The fourth-order valence-electron chi connectivity index (χ4n) is 11.3. The zero-order valence-corrected chi connectivity index (χ0v) is 39.3. The van der Waals surface area contributed by atoms with Crippen molar-refractivity contribution in [2.24, 2.45) is 0 Å². The summed E-state index contributed by atoms with van der Waals surface area (Å²) >= 11 is 0. The number of hydrogen-bond donors (Lipinski definition) is 0. The molecule has 0 spiro atoms. The number of nitrogens with zero attached hydrogens (tertiary/aromatic N) is 4. The van der Waals surface area contributed by atoms with Crippen molar-refractivity contribution < 1.29 is 4.42 Å². The van der Waals surface area contributed by atoms with Gasteiger partial charge in [0.25, 0.3) is 0 Å². The third kappa shape index (κ3) is 6.58. The minimum absolute atomic E-state index is 0.206. The van der Waals surface area contributed by atoms with Crippen molar-refractivity contribution in [1.29, 1.82) is 0 Å². The van der Waals surface area contributed by atoms with Gasteiger partial charge in [-0.3, -0.25) is 4.57 Å². The maximum Gasteiger partial charge on any atom is 0.145 e. The predicted octanol–water partition coefficient (Wildman–Crippen LogP) is 18.1. The molecule has 5 nitrogen and oxygen atoms in total. The molecule has 0 fully saturated rings. The molecule has 0 saturated heterocycles. The van der Waals surface area contributed by atoms with Crippen LogP contribution in [0.5, 0.6) is 0 Å². The first-order valence-corrected chi connectivity index (χ1v) is 24.4. The summed E-state index contributed by atoms with van der Waals surface area (Å²) in [5.41, 5.74) is 17.2. The molecule has 0 radical (unpaired) electrons. The molecule has 0 unspecified atom stereocenters. The van der Waals surface area contributed by atoms with Gasteiger partial charge in [0, 0.05) is 61.6 Å². The van der Waals surface area contributed by atoms with E-state index >= 15 is 0 Å². The van der Waals surface area contributed by atoms with Gasteiger partial charge in [0.2, 0.25) is 0 Å². The van der Waals surface area contributed by atoms with Crippen molar-refractivity contribution in [2.45, 2.75) is 19.3 Å². The van der Waals surface area contributed by atoms with Crippen LogP contribution >= 0.6 is 0 Å². The molecule has 336 valence electrons. The zero-order valence-electron chi connectivity index (χ0n) is 39.3. The minimum atomic E-state index is -0.206. The molecule has 0 atom stereocenters.